The minimum Gasteiger partial charge on any atom is -0.353 e. The third-order valence-electron chi connectivity index (χ3n) is 5.07. The minimum atomic E-state index is 0.650. The van der Waals surface area contributed by atoms with Crippen molar-refractivity contribution in [2.75, 3.05) is 0 Å². The van der Waals surface area contributed by atoms with Crippen LogP contribution in [0.15, 0.2) is 73.8 Å². The molecule has 0 saturated carbocycles. The third kappa shape index (κ3) is 2.62. The highest BCUT2D eigenvalue weighted by molar-refractivity contribution is 5.99. The molecule has 0 bridgehead atoms. The largest absolute Gasteiger partial charge is 0.353 e. The first-order valence-corrected chi connectivity index (χ1v) is 9.35. The molecule has 0 unspecified atom stereocenters. The van der Waals surface area contributed by atoms with Crippen LogP contribution in [0.25, 0.3) is 55.7 Å². The number of pyridine rings is 3. The van der Waals surface area contributed by atoms with Gasteiger partial charge in [-0.25, -0.2) is 15.0 Å². The van der Waals surface area contributed by atoms with Crippen LogP contribution >= 0.6 is 0 Å². The van der Waals surface area contributed by atoms with E-state index in [9.17, 15) is 0 Å². The van der Waals surface area contributed by atoms with Gasteiger partial charge in [-0.15, -0.1) is 0 Å². The molecule has 6 aromatic rings. The van der Waals surface area contributed by atoms with E-state index in [0.717, 1.165) is 50.1 Å². The van der Waals surface area contributed by atoms with Crippen molar-refractivity contribution in [2.45, 2.75) is 0 Å². The molecule has 0 saturated heterocycles. The number of aromatic nitrogens is 8. The van der Waals surface area contributed by atoms with E-state index < -0.39 is 0 Å². The Balaban J connectivity index is 1.52. The van der Waals surface area contributed by atoms with Crippen LogP contribution in [-0.4, -0.2) is 40.1 Å². The molecule has 0 amide bonds. The molecule has 142 valence electrons. The molecule has 8 nitrogen and oxygen atoms in total. The molecular formula is C22H14N8. The van der Waals surface area contributed by atoms with Gasteiger partial charge >= 0.3 is 0 Å². The van der Waals surface area contributed by atoms with Crippen molar-refractivity contribution >= 4 is 21.9 Å². The van der Waals surface area contributed by atoms with Crippen LogP contribution in [0, 0.1) is 0 Å². The average Bonchev–Trinajstić information content (AvgIpc) is 3.43. The van der Waals surface area contributed by atoms with Gasteiger partial charge in [-0.2, -0.15) is 5.10 Å². The Kier molecular flexibility index (Phi) is 3.60. The molecular weight excluding hydrogens is 376 g/mol. The van der Waals surface area contributed by atoms with Crippen molar-refractivity contribution in [3.8, 4) is 33.8 Å². The summed E-state index contributed by atoms with van der Waals surface area (Å²) >= 11 is 0. The highest BCUT2D eigenvalue weighted by atomic mass is 15.2. The summed E-state index contributed by atoms with van der Waals surface area (Å²) in [6.07, 6.45) is 12.2. The molecule has 8 heteroatoms. The minimum absolute atomic E-state index is 0.650. The number of fused-ring (bicyclic) bond motifs is 2. The van der Waals surface area contributed by atoms with Crippen LogP contribution in [0.3, 0.4) is 0 Å². The van der Waals surface area contributed by atoms with Crippen LogP contribution in [-0.2, 0) is 0 Å². The quantitative estimate of drug-likeness (QED) is 0.472. The summed E-state index contributed by atoms with van der Waals surface area (Å²) < 4.78 is 0. The van der Waals surface area contributed by atoms with E-state index in [1.54, 1.807) is 37.2 Å². The molecule has 0 fully saturated rings. The van der Waals surface area contributed by atoms with Crippen LogP contribution in [0.1, 0.15) is 0 Å². The first-order valence-electron chi connectivity index (χ1n) is 9.35. The predicted molar refractivity (Wildman–Crippen MR) is 113 cm³/mol. The van der Waals surface area contributed by atoms with Gasteiger partial charge in [0.25, 0.3) is 0 Å². The summed E-state index contributed by atoms with van der Waals surface area (Å²) in [6.45, 7) is 0. The van der Waals surface area contributed by atoms with Crippen LogP contribution in [0.5, 0.6) is 0 Å². The lowest BCUT2D eigenvalue weighted by molar-refractivity contribution is 1.10. The highest BCUT2D eigenvalue weighted by Crippen LogP contribution is 2.33. The lowest BCUT2D eigenvalue weighted by Crippen LogP contribution is -1.85. The van der Waals surface area contributed by atoms with Gasteiger partial charge in [0.2, 0.25) is 0 Å². The predicted octanol–water partition coefficient (Wildman–Crippen LogP) is 4.02. The first kappa shape index (κ1) is 16.5. The van der Waals surface area contributed by atoms with E-state index in [4.69, 9.17) is 0 Å². The number of H-pyrrole nitrogens is 2. The van der Waals surface area contributed by atoms with Crippen molar-refractivity contribution < 1.29 is 0 Å². The molecule has 6 heterocycles. The summed E-state index contributed by atoms with van der Waals surface area (Å²) in [4.78, 5) is 24.9. The second-order valence-electron chi connectivity index (χ2n) is 6.86. The molecule has 0 aliphatic rings. The Bertz CT molecular complexity index is 1490. The van der Waals surface area contributed by atoms with Gasteiger partial charge in [0.05, 0.1) is 17.1 Å². The fraction of sp³-hybridized carbons (Fsp3) is 0. The maximum absolute atomic E-state index is 4.59. The van der Waals surface area contributed by atoms with Crippen LogP contribution in [0.4, 0.5) is 0 Å². The summed E-state index contributed by atoms with van der Waals surface area (Å²) in [5.41, 5.74) is 7.19. The molecule has 0 aliphatic carbocycles. The van der Waals surface area contributed by atoms with E-state index in [1.165, 1.54) is 6.33 Å². The maximum atomic E-state index is 4.59. The Morgan fingerprint density at radius 3 is 2.43 bits per heavy atom. The molecule has 0 aliphatic heterocycles. The maximum Gasteiger partial charge on any atom is 0.181 e. The number of hydrogen-bond acceptors (Lipinski definition) is 6. The van der Waals surface area contributed by atoms with E-state index in [2.05, 4.69) is 46.2 Å². The second kappa shape index (κ2) is 6.56. The van der Waals surface area contributed by atoms with Gasteiger partial charge in [0.15, 0.2) is 5.65 Å². The van der Waals surface area contributed by atoms with Gasteiger partial charge in [0.1, 0.15) is 6.33 Å². The molecule has 2 N–H and O–H groups in total. The highest BCUT2D eigenvalue weighted by Gasteiger charge is 2.15. The Labute approximate surface area is 170 Å². The second-order valence-corrected chi connectivity index (χ2v) is 6.86. The average molecular weight is 390 g/mol. The van der Waals surface area contributed by atoms with Gasteiger partial charge in [-0.05, 0) is 30.3 Å². The molecule has 6 rings (SSSR count). The molecule has 0 aromatic carbocycles. The van der Waals surface area contributed by atoms with Crippen molar-refractivity contribution in [1.82, 2.24) is 40.1 Å². The summed E-state index contributed by atoms with van der Waals surface area (Å²) in [7, 11) is 0. The van der Waals surface area contributed by atoms with Crippen molar-refractivity contribution in [2.24, 2.45) is 0 Å². The fourth-order valence-corrected chi connectivity index (χ4v) is 3.64. The lowest BCUT2D eigenvalue weighted by atomic mass is 10.1. The van der Waals surface area contributed by atoms with E-state index >= 15 is 0 Å². The Morgan fingerprint density at radius 1 is 0.700 bits per heavy atom. The number of nitrogens with one attached hydrogen (secondary N) is 2. The number of aromatic amines is 2. The van der Waals surface area contributed by atoms with Crippen LogP contribution < -0.4 is 0 Å². The lowest BCUT2D eigenvalue weighted by Gasteiger charge is -2.01. The van der Waals surface area contributed by atoms with E-state index in [-0.39, 0.29) is 0 Å². The summed E-state index contributed by atoms with van der Waals surface area (Å²) in [6, 6.07) is 10.0. The molecule has 0 radical (unpaired) electrons. The summed E-state index contributed by atoms with van der Waals surface area (Å²) in [5.74, 6) is 0. The standard InChI is InChI=1S/C22H14N8/c1-4-23-5-2-13(1)20-16-8-19(28-18(16)3-6-26-20)21-17-7-14(11-27-22(17)30-29-21)15-9-24-12-25-10-15/h1-12,28H,(H,27,29,30). The first-order chi connectivity index (χ1) is 14.9. The SMILES string of the molecule is c1cc(-c2nccc3[nH]c(-c4[nH]nc5ncc(-c6cncnc6)cc45)cc23)ccn1. The normalized spacial score (nSPS) is 11.3. The number of nitrogens with zero attached hydrogens (tertiary/aromatic N) is 6. The summed E-state index contributed by atoms with van der Waals surface area (Å²) in [5, 5.41) is 9.44. The van der Waals surface area contributed by atoms with E-state index in [0.29, 0.717) is 5.65 Å². The molecule has 6 aromatic heterocycles. The molecule has 0 atom stereocenters. The fourth-order valence-electron chi connectivity index (χ4n) is 3.64. The Morgan fingerprint density at radius 2 is 1.57 bits per heavy atom. The van der Waals surface area contributed by atoms with Crippen molar-refractivity contribution in [3.05, 3.63) is 73.8 Å². The van der Waals surface area contributed by atoms with Gasteiger partial charge in [-0.3, -0.25) is 15.1 Å². The van der Waals surface area contributed by atoms with Gasteiger partial charge < -0.3 is 4.98 Å². The van der Waals surface area contributed by atoms with Crippen molar-refractivity contribution in [3.63, 3.8) is 0 Å². The zero-order chi connectivity index (χ0) is 19.9. The van der Waals surface area contributed by atoms with E-state index in [1.807, 2.05) is 24.3 Å². The smallest absolute Gasteiger partial charge is 0.181 e. The molecule has 0 spiro atoms. The monoisotopic (exact) mass is 390 g/mol. The number of hydrogen-bond donors (Lipinski definition) is 2. The van der Waals surface area contributed by atoms with Crippen molar-refractivity contribution in [1.29, 1.82) is 0 Å². The Hall–Kier alpha value is -4.46. The zero-order valence-electron chi connectivity index (χ0n) is 15.6. The number of rotatable bonds is 3. The van der Waals surface area contributed by atoms with Crippen LogP contribution in [0.2, 0.25) is 0 Å². The molecule has 30 heavy (non-hydrogen) atoms. The zero-order valence-corrected chi connectivity index (χ0v) is 15.6. The van der Waals surface area contributed by atoms with Gasteiger partial charge in [-0.1, -0.05) is 0 Å². The van der Waals surface area contributed by atoms with Gasteiger partial charge in [0, 0.05) is 70.2 Å². The topological polar surface area (TPSA) is 109 Å². The third-order valence-corrected chi connectivity index (χ3v) is 5.07.